The minimum absolute atomic E-state index is 0. The molecule has 5 rings (SSSR count). The van der Waals surface area contributed by atoms with Gasteiger partial charge in [0.2, 0.25) is 0 Å². The van der Waals surface area contributed by atoms with E-state index in [-0.39, 0.29) is 28.6 Å². The van der Waals surface area contributed by atoms with Gasteiger partial charge in [0.25, 0.3) is 15.9 Å². The molecule has 2 N–H and O–H groups in total. The van der Waals surface area contributed by atoms with Crippen LogP contribution in [0.2, 0.25) is 0 Å². The van der Waals surface area contributed by atoms with Gasteiger partial charge in [0.05, 0.1) is 35.9 Å². The van der Waals surface area contributed by atoms with Gasteiger partial charge in [-0.2, -0.15) is 0 Å². The zero-order chi connectivity index (χ0) is 29.0. The van der Waals surface area contributed by atoms with Crippen LogP contribution in [0.5, 0.6) is 5.75 Å². The molecule has 9 nitrogen and oxygen atoms in total. The van der Waals surface area contributed by atoms with Crippen LogP contribution in [0.3, 0.4) is 0 Å². The van der Waals surface area contributed by atoms with Crippen molar-refractivity contribution in [3.8, 4) is 5.75 Å². The van der Waals surface area contributed by atoms with Crippen LogP contribution in [-0.4, -0.2) is 46.0 Å². The Hall–Kier alpha value is -3.90. The summed E-state index contributed by atoms with van der Waals surface area (Å²) in [7, 11) is -1.19. The smallest absolute Gasteiger partial charge is 0.341 e. The van der Waals surface area contributed by atoms with E-state index >= 15 is 0 Å². The molecular weight excluding hydrogens is 598 g/mol. The van der Waals surface area contributed by atoms with Crippen molar-refractivity contribution in [3.05, 3.63) is 106 Å². The fraction of sp³-hybridized carbons (Fsp3) is 0.200. The number of rotatable bonds is 9. The van der Waals surface area contributed by atoms with E-state index < -0.39 is 21.9 Å². The Kier molecular flexibility index (Phi) is 9.89. The number of esters is 1. The summed E-state index contributed by atoms with van der Waals surface area (Å²) in [5.74, 6) is -0.558. The number of para-hydroxylation sites is 1. The maximum absolute atomic E-state index is 13.5. The average molecular weight is 628 g/mol. The van der Waals surface area contributed by atoms with Gasteiger partial charge < -0.3 is 14.8 Å². The number of anilines is 2. The number of hydrogen-bond acceptors (Lipinski definition) is 8. The standard InChI is InChI=1S/C30H29N3O6S2.ClH/c1-38-21-12-14-22(15-13-21)41(36,37)32-25-11-7-6-10-23(25)28(34)31-29-27(30(35)39-2)24-16-17-33(19-26(24)40-29)18-20-8-4-3-5-9-20;/h3-15,32H,16-19H2,1-2H3,(H,31,34);1H. The second kappa shape index (κ2) is 13.4. The number of benzene rings is 3. The lowest BCUT2D eigenvalue weighted by molar-refractivity contribution is 0.0600. The third kappa shape index (κ3) is 6.76. The Balaban J connectivity index is 0.00000405. The number of nitrogens with zero attached hydrogens (tertiary/aromatic N) is 1. The highest BCUT2D eigenvalue weighted by molar-refractivity contribution is 7.92. The lowest BCUT2D eigenvalue weighted by Gasteiger charge is -2.27. The highest BCUT2D eigenvalue weighted by Crippen LogP contribution is 2.38. The van der Waals surface area contributed by atoms with E-state index in [4.69, 9.17) is 9.47 Å². The maximum atomic E-state index is 13.5. The molecule has 0 spiro atoms. The van der Waals surface area contributed by atoms with E-state index in [1.165, 1.54) is 55.4 Å². The Morgan fingerprint density at radius 3 is 2.33 bits per heavy atom. The number of nitrogens with one attached hydrogen (secondary N) is 2. The minimum atomic E-state index is -3.99. The summed E-state index contributed by atoms with van der Waals surface area (Å²) >= 11 is 1.34. The zero-order valence-corrected chi connectivity index (χ0v) is 25.4. The van der Waals surface area contributed by atoms with Crippen molar-refractivity contribution < 1.29 is 27.5 Å². The predicted molar refractivity (Wildman–Crippen MR) is 165 cm³/mol. The molecule has 1 aliphatic heterocycles. The molecule has 4 aromatic rings. The monoisotopic (exact) mass is 627 g/mol. The van der Waals surface area contributed by atoms with Crippen molar-refractivity contribution >= 4 is 56.3 Å². The van der Waals surface area contributed by atoms with Crippen molar-refractivity contribution in [1.82, 2.24) is 4.90 Å². The van der Waals surface area contributed by atoms with Crippen LogP contribution in [0, 0.1) is 0 Å². The third-order valence-corrected chi connectivity index (χ3v) is 9.30. The summed E-state index contributed by atoms with van der Waals surface area (Å²) < 4.78 is 38.8. The molecule has 0 unspecified atom stereocenters. The van der Waals surface area contributed by atoms with Crippen LogP contribution < -0.4 is 14.8 Å². The highest BCUT2D eigenvalue weighted by Gasteiger charge is 2.30. The Morgan fingerprint density at radius 2 is 1.64 bits per heavy atom. The molecule has 3 aromatic carbocycles. The Morgan fingerprint density at radius 1 is 0.952 bits per heavy atom. The first-order valence-electron chi connectivity index (χ1n) is 12.9. The quantitative estimate of drug-likeness (QED) is 0.233. The fourth-order valence-corrected chi connectivity index (χ4v) is 7.09. The molecule has 1 aromatic heterocycles. The Bertz CT molecular complexity index is 1680. The van der Waals surface area contributed by atoms with Gasteiger partial charge in [0, 0.05) is 24.5 Å². The van der Waals surface area contributed by atoms with Gasteiger partial charge >= 0.3 is 5.97 Å². The van der Waals surface area contributed by atoms with Gasteiger partial charge in [-0.15, -0.1) is 23.7 Å². The number of amides is 1. The van der Waals surface area contributed by atoms with Gasteiger partial charge in [0.15, 0.2) is 0 Å². The van der Waals surface area contributed by atoms with Gasteiger partial charge in [-0.25, -0.2) is 13.2 Å². The van der Waals surface area contributed by atoms with E-state index in [0.29, 0.717) is 29.3 Å². The number of ether oxygens (including phenoxy) is 2. The van der Waals surface area contributed by atoms with Crippen LogP contribution >= 0.6 is 23.7 Å². The number of methoxy groups -OCH3 is 2. The molecule has 0 aliphatic carbocycles. The molecule has 2 heterocycles. The van der Waals surface area contributed by atoms with Crippen LogP contribution in [0.15, 0.2) is 83.8 Å². The summed E-state index contributed by atoms with van der Waals surface area (Å²) in [6.07, 6.45) is 0.636. The minimum Gasteiger partial charge on any atom is -0.497 e. The first-order valence-corrected chi connectivity index (χ1v) is 15.2. The molecule has 0 bridgehead atoms. The summed E-state index contributed by atoms with van der Waals surface area (Å²) in [6.45, 7) is 2.16. The van der Waals surface area contributed by atoms with Crippen LogP contribution in [0.4, 0.5) is 10.7 Å². The Labute approximate surface area is 254 Å². The zero-order valence-electron chi connectivity index (χ0n) is 23.0. The molecule has 12 heteroatoms. The number of hydrogen-bond donors (Lipinski definition) is 2. The first-order chi connectivity index (χ1) is 19.8. The van der Waals surface area contributed by atoms with Crippen molar-refractivity contribution in [2.24, 2.45) is 0 Å². The number of carbonyl (C=O) groups is 2. The number of halogens is 1. The van der Waals surface area contributed by atoms with E-state index in [1.807, 2.05) is 18.2 Å². The molecule has 220 valence electrons. The summed E-state index contributed by atoms with van der Waals surface area (Å²) in [5.41, 5.74) is 2.63. The molecule has 0 saturated carbocycles. The third-order valence-electron chi connectivity index (χ3n) is 6.79. The van der Waals surface area contributed by atoms with Crippen molar-refractivity contribution in [2.75, 3.05) is 30.8 Å². The number of carbonyl (C=O) groups excluding carboxylic acids is 2. The lowest BCUT2D eigenvalue weighted by Crippen LogP contribution is -2.29. The highest BCUT2D eigenvalue weighted by atomic mass is 35.5. The average Bonchev–Trinajstić information content (AvgIpc) is 3.34. The normalized spacial score (nSPS) is 12.9. The van der Waals surface area contributed by atoms with Gasteiger partial charge in [0.1, 0.15) is 10.8 Å². The molecule has 42 heavy (non-hydrogen) atoms. The molecular formula is C30H30ClN3O6S2. The lowest BCUT2D eigenvalue weighted by atomic mass is 10.0. The molecule has 0 atom stereocenters. The SMILES string of the molecule is COC(=O)c1c(NC(=O)c2ccccc2NS(=O)(=O)c2ccc(OC)cc2)sc2c1CCN(Cc1ccccc1)C2.Cl. The topological polar surface area (TPSA) is 114 Å². The van der Waals surface area contributed by atoms with Gasteiger partial charge in [-0.05, 0) is 53.9 Å². The predicted octanol–water partition coefficient (Wildman–Crippen LogP) is 5.58. The molecule has 1 amide bonds. The first kappa shape index (κ1) is 31.0. The van der Waals surface area contributed by atoms with E-state index in [9.17, 15) is 18.0 Å². The number of fused-ring (bicyclic) bond motifs is 1. The molecule has 0 radical (unpaired) electrons. The molecule has 0 saturated heterocycles. The van der Waals surface area contributed by atoms with E-state index in [0.717, 1.165) is 23.5 Å². The van der Waals surface area contributed by atoms with Crippen LogP contribution in [0.25, 0.3) is 0 Å². The second-order valence-electron chi connectivity index (χ2n) is 9.43. The van der Waals surface area contributed by atoms with E-state index in [2.05, 4.69) is 27.1 Å². The largest absolute Gasteiger partial charge is 0.497 e. The molecule has 1 aliphatic rings. The van der Waals surface area contributed by atoms with Crippen molar-refractivity contribution in [1.29, 1.82) is 0 Å². The number of sulfonamides is 1. The summed E-state index contributed by atoms with van der Waals surface area (Å²) in [4.78, 5) is 29.6. The fourth-order valence-electron chi connectivity index (χ4n) is 4.74. The van der Waals surface area contributed by atoms with Crippen LogP contribution in [0.1, 0.15) is 36.7 Å². The second-order valence-corrected chi connectivity index (χ2v) is 12.2. The van der Waals surface area contributed by atoms with Gasteiger partial charge in [-0.3, -0.25) is 14.4 Å². The maximum Gasteiger partial charge on any atom is 0.341 e. The number of thiophene rings is 1. The van der Waals surface area contributed by atoms with Crippen LogP contribution in [-0.2, 0) is 34.3 Å². The van der Waals surface area contributed by atoms with Gasteiger partial charge in [-0.1, -0.05) is 42.5 Å². The van der Waals surface area contributed by atoms with Crippen molar-refractivity contribution in [2.45, 2.75) is 24.4 Å². The molecule has 0 fully saturated rings. The van der Waals surface area contributed by atoms with Crippen molar-refractivity contribution in [3.63, 3.8) is 0 Å². The summed E-state index contributed by atoms with van der Waals surface area (Å²) in [6, 6.07) is 22.4. The summed E-state index contributed by atoms with van der Waals surface area (Å²) in [5, 5.41) is 3.23. The van der Waals surface area contributed by atoms with E-state index in [1.54, 1.807) is 24.3 Å².